The third-order valence-electron chi connectivity index (χ3n) is 4.05. The van der Waals surface area contributed by atoms with E-state index >= 15 is 0 Å². The number of hydrogen-bond donors (Lipinski definition) is 2. The van der Waals surface area contributed by atoms with Crippen molar-refractivity contribution in [2.75, 3.05) is 12.0 Å². The van der Waals surface area contributed by atoms with Gasteiger partial charge in [-0.2, -0.15) is 0 Å². The number of amides is 1. The molecule has 1 fully saturated rings. The number of carbonyl (C=O) groups is 2. The first-order chi connectivity index (χ1) is 11.1. The second kappa shape index (κ2) is 6.88. The molecule has 0 radical (unpaired) electrons. The van der Waals surface area contributed by atoms with Gasteiger partial charge >= 0.3 is 5.97 Å². The van der Waals surface area contributed by atoms with Gasteiger partial charge in [0.2, 0.25) is 5.91 Å². The average molecular weight is 357 g/mol. The number of carbonyl (C=O) groups excluding carboxylic acids is 1. The van der Waals surface area contributed by atoms with Gasteiger partial charge in [0.25, 0.3) is 0 Å². The molecule has 2 N–H and O–H groups in total. The predicted molar refractivity (Wildman–Crippen MR) is 85.5 cm³/mol. The molecule has 1 unspecified atom stereocenters. The fraction of sp³-hybridized carbons (Fsp3) is 0.500. The van der Waals surface area contributed by atoms with E-state index in [-0.39, 0.29) is 18.6 Å². The minimum atomic E-state index is -3.19. The number of nitrogens with one attached hydrogen (secondary N) is 1. The lowest BCUT2D eigenvalue weighted by Gasteiger charge is -2.20. The van der Waals surface area contributed by atoms with E-state index in [4.69, 9.17) is 5.11 Å². The summed E-state index contributed by atoms with van der Waals surface area (Å²) in [6, 6.07) is 4.45. The lowest BCUT2D eigenvalue weighted by atomic mass is 10.0. The molecule has 0 saturated heterocycles. The molecular weight excluding hydrogens is 337 g/mol. The Labute approximate surface area is 140 Å². The number of benzene rings is 1. The van der Waals surface area contributed by atoms with Crippen molar-refractivity contribution in [1.82, 2.24) is 5.32 Å². The number of carboxylic acids is 1. The number of rotatable bonds is 8. The molecule has 0 aromatic heterocycles. The van der Waals surface area contributed by atoms with Crippen LogP contribution in [0.1, 0.15) is 37.3 Å². The van der Waals surface area contributed by atoms with E-state index in [1.165, 1.54) is 24.3 Å². The smallest absolute Gasteiger partial charge is 0.305 e. The van der Waals surface area contributed by atoms with E-state index in [2.05, 4.69) is 5.32 Å². The molecule has 0 spiro atoms. The van der Waals surface area contributed by atoms with Gasteiger partial charge in [0.15, 0.2) is 0 Å². The lowest BCUT2D eigenvalue weighted by molar-refractivity contribution is -0.137. The topological polar surface area (TPSA) is 101 Å². The molecule has 132 valence electrons. The predicted octanol–water partition coefficient (Wildman–Crippen LogP) is 1.67. The maximum absolute atomic E-state index is 13.0. The molecule has 24 heavy (non-hydrogen) atoms. The van der Waals surface area contributed by atoms with Crippen LogP contribution < -0.4 is 5.32 Å². The van der Waals surface area contributed by atoms with Crippen molar-refractivity contribution in [3.8, 4) is 0 Å². The average Bonchev–Trinajstić information content (AvgIpc) is 3.14. The second-order valence-electron chi connectivity index (χ2n) is 6.52. The minimum Gasteiger partial charge on any atom is -0.481 e. The van der Waals surface area contributed by atoms with Crippen molar-refractivity contribution in [3.05, 3.63) is 35.6 Å². The highest BCUT2D eigenvalue weighted by molar-refractivity contribution is 7.90. The zero-order valence-corrected chi connectivity index (χ0v) is 14.1. The summed E-state index contributed by atoms with van der Waals surface area (Å²) in [7, 11) is -3.19. The zero-order valence-electron chi connectivity index (χ0n) is 13.3. The van der Waals surface area contributed by atoms with Crippen LogP contribution in [0, 0.1) is 11.2 Å². The summed E-state index contributed by atoms with van der Waals surface area (Å²) >= 11 is 0. The van der Waals surface area contributed by atoms with Gasteiger partial charge in [-0.15, -0.1) is 0 Å². The summed E-state index contributed by atoms with van der Waals surface area (Å²) in [5, 5.41) is 11.6. The van der Waals surface area contributed by atoms with Gasteiger partial charge in [0.1, 0.15) is 15.7 Å². The Hall–Kier alpha value is -1.96. The van der Waals surface area contributed by atoms with Gasteiger partial charge in [-0.3, -0.25) is 9.59 Å². The van der Waals surface area contributed by atoms with Crippen LogP contribution in [0.15, 0.2) is 24.3 Å². The van der Waals surface area contributed by atoms with Crippen LogP contribution >= 0.6 is 0 Å². The van der Waals surface area contributed by atoms with E-state index in [1.54, 1.807) is 0 Å². The molecule has 8 heteroatoms. The van der Waals surface area contributed by atoms with E-state index in [9.17, 15) is 22.4 Å². The molecule has 0 bridgehead atoms. The monoisotopic (exact) mass is 357 g/mol. The van der Waals surface area contributed by atoms with Crippen LogP contribution in [0.5, 0.6) is 0 Å². The quantitative estimate of drug-likeness (QED) is 0.737. The highest BCUT2D eigenvalue weighted by atomic mass is 32.2. The Balaban J connectivity index is 2.05. The lowest BCUT2D eigenvalue weighted by Crippen LogP contribution is -2.33. The Morgan fingerprint density at radius 2 is 1.88 bits per heavy atom. The summed E-state index contributed by atoms with van der Waals surface area (Å²) in [5.41, 5.74) is -0.0473. The highest BCUT2D eigenvalue weighted by Gasteiger charge is 2.46. The van der Waals surface area contributed by atoms with Gasteiger partial charge in [0, 0.05) is 12.7 Å². The fourth-order valence-corrected chi connectivity index (χ4v) is 4.32. The molecule has 1 aliphatic rings. The fourth-order valence-electron chi connectivity index (χ4n) is 2.81. The van der Waals surface area contributed by atoms with Gasteiger partial charge in [-0.25, -0.2) is 12.8 Å². The molecule has 6 nitrogen and oxygen atoms in total. The molecule has 1 aromatic carbocycles. The molecular formula is C16H20FNO5S. The Bertz CT molecular complexity index is 725. The number of halogens is 1. The van der Waals surface area contributed by atoms with Gasteiger partial charge < -0.3 is 10.4 Å². The molecule has 1 atom stereocenters. The van der Waals surface area contributed by atoms with Gasteiger partial charge in [0.05, 0.1) is 18.2 Å². The van der Waals surface area contributed by atoms with Crippen molar-refractivity contribution in [3.63, 3.8) is 0 Å². The first-order valence-corrected chi connectivity index (χ1v) is 9.59. The minimum absolute atomic E-state index is 0.0391. The van der Waals surface area contributed by atoms with Gasteiger partial charge in [-0.1, -0.05) is 12.1 Å². The maximum atomic E-state index is 13.0. The van der Waals surface area contributed by atoms with Crippen LogP contribution in [0.2, 0.25) is 0 Å². The van der Waals surface area contributed by atoms with Crippen LogP contribution in [0.3, 0.4) is 0 Å². The Kier molecular flexibility index (Phi) is 5.27. The first kappa shape index (κ1) is 18.4. The standard InChI is InChI=1S/C16H20FNO5S/c1-24(22,23)10-16(6-7-16)9-14(19)18-13(8-15(20)21)11-2-4-12(17)5-3-11/h2-5,13H,6-10H2,1H3,(H,18,19)(H,20,21). The summed E-state index contributed by atoms with van der Waals surface area (Å²) in [5.74, 6) is -1.99. The van der Waals surface area contributed by atoms with Crippen molar-refractivity contribution in [1.29, 1.82) is 0 Å². The first-order valence-electron chi connectivity index (χ1n) is 7.53. The van der Waals surface area contributed by atoms with Crippen LogP contribution in [-0.2, 0) is 19.4 Å². The second-order valence-corrected chi connectivity index (χ2v) is 8.66. The third kappa shape index (κ3) is 5.59. The Morgan fingerprint density at radius 1 is 1.29 bits per heavy atom. The van der Waals surface area contributed by atoms with Crippen molar-refractivity contribution in [2.24, 2.45) is 5.41 Å². The largest absolute Gasteiger partial charge is 0.481 e. The molecule has 1 aliphatic carbocycles. The number of carboxylic acid groups (broad SMARTS) is 1. The molecule has 1 saturated carbocycles. The molecule has 0 aliphatic heterocycles. The van der Waals surface area contributed by atoms with Crippen molar-refractivity contribution in [2.45, 2.75) is 31.7 Å². The molecule has 1 amide bonds. The number of hydrogen-bond acceptors (Lipinski definition) is 4. The molecule has 2 rings (SSSR count). The van der Waals surface area contributed by atoms with E-state index in [0.29, 0.717) is 18.4 Å². The van der Waals surface area contributed by atoms with E-state index in [1.807, 2.05) is 0 Å². The van der Waals surface area contributed by atoms with Crippen molar-refractivity contribution >= 4 is 21.7 Å². The van der Waals surface area contributed by atoms with Crippen LogP contribution in [0.25, 0.3) is 0 Å². The summed E-state index contributed by atoms with van der Waals surface area (Å²) in [6.07, 6.45) is 2.16. The summed E-state index contributed by atoms with van der Waals surface area (Å²) < 4.78 is 35.9. The summed E-state index contributed by atoms with van der Waals surface area (Å²) in [4.78, 5) is 23.3. The zero-order chi connectivity index (χ0) is 18.0. The number of sulfone groups is 1. The third-order valence-corrected chi connectivity index (χ3v) is 5.18. The van der Waals surface area contributed by atoms with E-state index < -0.39 is 39.0 Å². The highest BCUT2D eigenvalue weighted by Crippen LogP contribution is 2.49. The van der Waals surface area contributed by atoms with E-state index in [0.717, 1.165) is 6.26 Å². The number of aliphatic carboxylic acids is 1. The molecule has 0 heterocycles. The van der Waals surface area contributed by atoms with Gasteiger partial charge in [-0.05, 0) is 36.0 Å². The summed E-state index contributed by atoms with van der Waals surface area (Å²) in [6.45, 7) is 0. The SMILES string of the molecule is CS(=O)(=O)CC1(CC(=O)NC(CC(=O)O)c2ccc(F)cc2)CC1. The van der Waals surface area contributed by atoms with Crippen LogP contribution in [0.4, 0.5) is 4.39 Å². The molecule has 1 aromatic rings. The Morgan fingerprint density at radius 3 is 2.33 bits per heavy atom. The normalized spacial score (nSPS) is 17.1. The van der Waals surface area contributed by atoms with Crippen molar-refractivity contribution < 1.29 is 27.5 Å². The van der Waals surface area contributed by atoms with Crippen LogP contribution in [-0.4, -0.2) is 37.4 Å². The maximum Gasteiger partial charge on any atom is 0.305 e.